The van der Waals surface area contributed by atoms with Crippen LogP contribution in [0.25, 0.3) is 11.5 Å². The molecule has 0 saturated heterocycles. The van der Waals surface area contributed by atoms with Crippen LogP contribution in [-0.4, -0.2) is 28.3 Å². The predicted octanol–water partition coefficient (Wildman–Crippen LogP) is 2.52. The lowest BCUT2D eigenvalue weighted by Crippen LogP contribution is -2.42. The third kappa shape index (κ3) is 2.55. The van der Waals surface area contributed by atoms with Crippen LogP contribution in [0.1, 0.15) is 21.7 Å². The van der Waals surface area contributed by atoms with E-state index in [1.54, 1.807) is 22.8 Å². The number of nitrogens with two attached hydrogens (primary N) is 1. The maximum absolute atomic E-state index is 13.4. The molecule has 0 spiro atoms. The molecule has 1 amide bonds. The summed E-state index contributed by atoms with van der Waals surface area (Å²) in [5, 5.41) is 4.44. The molecule has 6 heteroatoms. The number of fused-ring (bicyclic) bond motifs is 1. The number of rotatable bonds is 3. The molecule has 3 aromatic rings. The van der Waals surface area contributed by atoms with Gasteiger partial charge in [-0.05, 0) is 37.1 Å². The summed E-state index contributed by atoms with van der Waals surface area (Å²) in [5.41, 5.74) is 9.09. The molecule has 25 heavy (non-hydrogen) atoms. The van der Waals surface area contributed by atoms with E-state index in [-0.39, 0.29) is 11.9 Å². The topological polar surface area (TPSA) is 77.3 Å². The highest BCUT2D eigenvalue weighted by atomic mass is 16.3. The number of hydrogen-bond acceptors (Lipinski definition) is 4. The van der Waals surface area contributed by atoms with E-state index in [2.05, 4.69) is 5.10 Å². The summed E-state index contributed by atoms with van der Waals surface area (Å²) in [5.74, 6) is 1.28. The summed E-state index contributed by atoms with van der Waals surface area (Å²) < 4.78 is 7.33. The number of aryl methyl sites for hydroxylation is 2. The Hall–Kier alpha value is -2.86. The average molecular weight is 336 g/mol. The minimum Gasteiger partial charge on any atom is -0.460 e. The van der Waals surface area contributed by atoms with Crippen molar-refractivity contribution in [3.8, 4) is 11.5 Å². The van der Waals surface area contributed by atoms with Crippen LogP contribution < -0.4 is 10.6 Å². The molecule has 1 aliphatic heterocycles. The molecule has 0 saturated carbocycles. The van der Waals surface area contributed by atoms with Crippen molar-refractivity contribution in [1.82, 2.24) is 9.78 Å². The fourth-order valence-corrected chi connectivity index (χ4v) is 3.44. The Bertz CT molecular complexity index is 941. The number of amides is 1. The van der Waals surface area contributed by atoms with Crippen LogP contribution in [0, 0.1) is 6.92 Å². The van der Waals surface area contributed by atoms with Gasteiger partial charge in [0.05, 0.1) is 11.6 Å². The Kier molecular flexibility index (Phi) is 3.69. The SMILES string of the molecule is Cc1ccc(-c2nn(C)cc2C(=O)N2c3ccccc3CC2CN)o1. The first kappa shape index (κ1) is 15.7. The third-order valence-electron chi connectivity index (χ3n) is 4.60. The zero-order valence-corrected chi connectivity index (χ0v) is 14.3. The number of nitrogens with zero attached hydrogens (tertiary/aromatic N) is 3. The highest BCUT2D eigenvalue weighted by molar-refractivity contribution is 6.10. The summed E-state index contributed by atoms with van der Waals surface area (Å²) in [6.07, 6.45) is 2.51. The van der Waals surface area contributed by atoms with Crippen LogP contribution >= 0.6 is 0 Å². The van der Waals surface area contributed by atoms with E-state index >= 15 is 0 Å². The van der Waals surface area contributed by atoms with Gasteiger partial charge in [0, 0.05) is 25.5 Å². The van der Waals surface area contributed by atoms with Gasteiger partial charge in [-0.2, -0.15) is 5.10 Å². The van der Waals surface area contributed by atoms with Crippen molar-refractivity contribution in [2.24, 2.45) is 12.8 Å². The fourth-order valence-electron chi connectivity index (χ4n) is 3.44. The Morgan fingerprint density at radius 1 is 1.32 bits per heavy atom. The molecule has 4 rings (SSSR count). The predicted molar refractivity (Wildman–Crippen MR) is 95.4 cm³/mol. The molecular weight excluding hydrogens is 316 g/mol. The van der Waals surface area contributed by atoms with Crippen LogP contribution in [0.4, 0.5) is 5.69 Å². The summed E-state index contributed by atoms with van der Waals surface area (Å²) >= 11 is 0. The molecule has 3 heterocycles. The average Bonchev–Trinajstić information content (AvgIpc) is 3.29. The number of furan rings is 1. The second-order valence-corrected chi connectivity index (χ2v) is 6.37. The number of para-hydroxylation sites is 1. The number of aromatic nitrogens is 2. The van der Waals surface area contributed by atoms with Crippen molar-refractivity contribution in [2.45, 2.75) is 19.4 Å². The maximum Gasteiger partial charge on any atom is 0.262 e. The summed E-state index contributed by atoms with van der Waals surface area (Å²) in [4.78, 5) is 15.2. The molecule has 6 nitrogen and oxygen atoms in total. The number of anilines is 1. The standard InChI is InChI=1S/C19H20N4O2/c1-12-7-8-17(25-12)18-15(11-22(2)21-18)19(24)23-14(10-20)9-13-5-3-4-6-16(13)23/h3-8,11,14H,9-10,20H2,1-2H3. The van der Waals surface area contributed by atoms with Crippen LogP contribution in [0.5, 0.6) is 0 Å². The molecule has 2 N–H and O–H groups in total. The molecule has 0 bridgehead atoms. The molecule has 1 unspecified atom stereocenters. The molecule has 1 atom stereocenters. The maximum atomic E-state index is 13.4. The van der Waals surface area contributed by atoms with E-state index in [0.717, 1.165) is 23.4 Å². The zero-order valence-electron chi connectivity index (χ0n) is 14.3. The first-order valence-electron chi connectivity index (χ1n) is 8.30. The summed E-state index contributed by atoms with van der Waals surface area (Å²) in [7, 11) is 1.80. The third-order valence-corrected chi connectivity index (χ3v) is 4.60. The molecule has 0 fully saturated rings. The van der Waals surface area contributed by atoms with Gasteiger partial charge in [-0.3, -0.25) is 9.48 Å². The van der Waals surface area contributed by atoms with Gasteiger partial charge in [0.2, 0.25) is 0 Å². The van der Waals surface area contributed by atoms with Crippen LogP contribution in [0.3, 0.4) is 0 Å². The second kappa shape index (κ2) is 5.89. The molecule has 2 aromatic heterocycles. The van der Waals surface area contributed by atoms with Crippen LogP contribution in [-0.2, 0) is 13.5 Å². The van der Waals surface area contributed by atoms with E-state index in [1.807, 2.05) is 43.3 Å². The summed E-state index contributed by atoms with van der Waals surface area (Å²) in [6, 6.07) is 11.6. The second-order valence-electron chi connectivity index (χ2n) is 6.37. The lowest BCUT2D eigenvalue weighted by atomic mass is 10.1. The minimum atomic E-state index is -0.0995. The normalized spacial score (nSPS) is 16.3. The monoisotopic (exact) mass is 336 g/mol. The lowest BCUT2D eigenvalue weighted by Gasteiger charge is -2.24. The van der Waals surface area contributed by atoms with Crippen molar-refractivity contribution in [3.05, 3.63) is 59.5 Å². The van der Waals surface area contributed by atoms with E-state index in [1.165, 1.54) is 0 Å². The number of benzene rings is 1. The van der Waals surface area contributed by atoms with E-state index < -0.39 is 0 Å². The van der Waals surface area contributed by atoms with Crippen molar-refractivity contribution < 1.29 is 9.21 Å². The quantitative estimate of drug-likeness (QED) is 0.797. The first-order chi connectivity index (χ1) is 12.1. The zero-order chi connectivity index (χ0) is 17.6. The highest BCUT2D eigenvalue weighted by Crippen LogP contribution is 2.34. The summed E-state index contributed by atoms with van der Waals surface area (Å²) in [6.45, 7) is 2.28. The largest absolute Gasteiger partial charge is 0.460 e. The minimum absolute atomic E-state index is 0.0451. The number of hydrogen-bond donors (Lipinski definition) is 1. The Morgan fingerprint density at radius 2 is 2.12 bits per heavy atom. The molecule has 128 valence electrons. The van der Waals surface area contributed by atoms with Gasteiger partial charge in [-0.15, -0.1) is 0 Å². The van der Waals surface area contributed by atoms with E-state index in [4.69, 9.17) is 10.2 Å². The Labute approximate surface area is 145 Å². The van der Waals surface area contributed by atoms with Crippen LogP contribution in [0.2, 0.25) is 0 Å². The van der Waals surface area contributed by atoms with Crippen molar-refractivity contribution >= 4 is 11.6 Å². The number of carbonyl (C=O) groups excluding carboxylic acids is 1. The highest BCUT2D eigenvalue weighted by Gasteiger charge is 2.35. The number of carbonyl (C=O) groups is 1. The molecule has 1 aromatic carbocycles. The first-order valence-corrected chi connectivity index (χ1v) is 8.30. The van der Waals surface area contributed by atoms with Gasteiger partial charge in [0.1, 0.15) is 11.5 Å². The molecule has 0 aliphatic carbocycles. The van der Waals surface area contributed by atoms with Gasteiger partial charge in [0.25, 0.3) is 5.91 Å². The Balaban J connectivity index is 1.79. The van der Waals surface area contributed by atoms with E-state index in [9.17, 15) is 4.79 Å². The fraction of sp³-hybridized carbons (Fsp3) is 0.263. The molecular formula is C19H20N4O2. The van der Waals surface area contributed by atoms with Gasteiger partial charge in [-0.1, -0.05) is 18.2 Å². The van der Waals surface area contributed by atoms with Gasteiger partial charge >= 0.3 is 0 Å². The van der Waals surface area contributed by atoms with Crippen molar-refractivity contribution in [2.75, 3.05) is 11.4 Å². The van der Waals surface area contributed by atoms with Gasteiger partial charge in [-0.25, -0.2) is 0 Å². The van der Waals surface area contributed by atoms with Crippen molar-refractivity contribution in [3.63, 3.8) is 0 Å². The molecule has 0 radical (unpaired) electrons. The van der Waals surface area contributed by atoms with Gasteiger partial charge in [0.15, 0.2) is 5.76 Å². The van der Waals surface area contributed by atoms with Crippen molar-refractivity contribution in [1.29, 1.82) is 0 Å². The smallest absolute Gasteiger partial charge is 0.262 e. The van der Waals surface area contributed by atoms with E-state index in [0.29, 0.717) is 23.6 Å². The lowest BCUT2D eigenvalue weighted by molar-refractivity contribution is 0.0980. The van der Waals surface area contributed by atoms with Crippen LogP contribution in [0.15, 0.2) is 47.0 Å². The molecule has 1 aliphatic rings. The Morgan fingerprint density at radius 3 is 2.84 bits per heavy atom. The van der Waals surface area contributed by atoms with Gasteiger partial charge < -0.3 is 15.1 Å².